The van der Waals surface area contributed by atoms with Crippen molar-refractivity contribution in [3.8, 4) is 5.75 Å². The van der Waals surface area contributed by atoms with Gasteiger partial charge >= 0.3 is 10.1 Å². The first-order chi connectivity index (χ1) is 14.0. The van der Waals surface area contributed by atoms with Gasteiger partial charge in [0, 0.05) is 0 Å². The molecule has 0 aromatic heterocycles. The van der Waals surface area contributed by atoms with E-state index in [2.05, 4.69) is 10.8 Å². The second-order valence-electron chi connectivity index (χ2n) is 8.02. The van der Waals surface area contributed by atoms with E-state index in [0.29, 0.717) is 11.6 Å². The lowest BCUT2D eigenvalue weighted by Gasteiger charge is -2.47. The van der Waals surface area contributed by atoms with Crippen LogP contribution in [0.2, 0.25) is 0 Å². The third kappa shape index (κ3) is 4.57. The summed E-state index contributed by atoms with van der Waals surface area (Å²) >= 11 is 0. The van der Waals surface area contributed by atoms with Gasteiger partial charge in [0.1, 0.15) is 11.4 Å². The van der Waals surface area contributed by atoms with Crippen molar-refractivity contribution < 1.29 is 17.4 Å². The van der Waals surface area contributed by atoms with Crippen LogP contribution in [0.1, 0.15) is 37.7 Å². The summed E-state index contributed by atoms with van der Waals surface area (Å²) in [7, 11) is -3.87. The average molecular weight is 417 g/mol. The zero-order chi connectivity index (χ0) is 20.3. The van der Waals surface area contributed by atoms with Crippen molar-refractivity contribution in [3.63, 3.8) is 0 Å². The molecule has 4 rings (SSSR count). The second-order valence-corrected chi connectivity index (χ2v) is 9.57. The van der Waals surface area contributed by atoms with Crippen molar-refractivity contribution in [2.75, 3.05) is 18.6 Å². The fourth-order valence-electron chi connectivity index (χ4n) is 4.06. The Hall–Kier alpha value is -2.09. The van der Waals surface area contributed by atoms with Crippen LogP contribution in [0.5, 0.6) is 5.75 Å². The van der Waals surface area contributed by atoms with Crippen LogP contribution in [0.15, 0.2) is 53.4 Å². The third-order valence-corrected chi connectivity index (χ3v) is 7.21. The molecule has 0 bridgehead atoms. The molecule has 1 aliphatic heterocycles. The molecule has 156 valence electrons. The summed E-state index contributed by atoms with van der Waals surface area (Å²) in [5.74, 6) is 1.44. The van der Waals surface area contributed by atoms with Gasteiger partial charge < -0.3 is 10.1 Å². The summed E-state index contributed by atoms with van der Waals surface area (Å²) in [6.07, 6.45) is 5.82. The predicted octanol–water partition coefficient (Wildman–Crippen LogP) is 4.03. The first-order valence-electron chi connectivity index (χ1n) is 10.2. The standard InChI is InChI=1S/C22H28N2O4S/c1-17-5-11-21(12-6-17)29(25,26)28-24-19-7-9-20(10-8-19)27-22(18-3-2-4-18)13-15-23-16-14-22/h5-12,18,23-24H,2-4,13-16H2,1H3. The normalized spacial score (nSPS) is 19.3. The fraction of sp³-hybridized carbons (Fsp3) is 0.455. The van der Waals surface area contributed by atoms with Crippen molar-refractivity contribution >= 4 is 15.8 Å². The Bertz CT molecular complexity index is 916. The van der Waals surface area contributed by atoms with Crippen LogP contribution in [0.25, 0.3) is 0 Å². The molecule has 6 nitrogen and oxygen atoms in total. The molecule has 0 radical (unpaired) electrons. The quantitative estimate of drug-likeness (QED) is 0.664. The Morgan fingerprint density at radius 1 is 1.00 bits per heavy atom. The Kier molecular flexibility index (Phi) is 5.81. The minimum atomic E-state index is -3.87. The van der Waals surface area contributed by atoms with Gasteiger partial charge in [-0.05, 0) is 88.0 Å². The molecule has 0 amide bonds. The van der Waals surface area contributed by atoms with E-state index in [0.717, 1.165) is 37.2 Å². The summed E-state index contributed by atoms with van der Waals surface area (Å²) < 4.78 is 36.1. The molecule has 2 aliphatic rings. The van der Waals surface area contributed by atoms with Gasteiger partial charge in [-0.15, -0.1) is 4.28 Å². The predicted molar refractivity (Wildman–Crippen MR) is 112 cm³/mol. The van der Waals surface area contributed by atoms with Crippen LogP contribution in [-0.4, -0.2) is 27.1 Å². The first kappa shape index (κ1) is 20.2. The van der Waals surface area contributed by atoms with Crippen LogP contribution in [-0.2, 0) is 14.4 Å². The topological polar surface area (TPSA) is 76.7 Å². The monoisotopic (exact) mass is 416 g/mol. The third-order valence-electron chi connectivity index (χ3n) is 6.05. The Morgan fingerprint density at radius 2 is 1.66 bits per heavy atom. The lowest BCUT2D eigenvalue weighted by molar-refractivity contribution is -0.0493. The van der Waals surface area contributed by atoms with E-state index >= 15 is 0 Å². The number of hydrogen-bond acceptors (Lipinski definition) is 6. The molecule has 1 saturated heterocycles. The molecule has 0 atom stereocenters. The highest BCUT2D eigenvalue weighted by atomic mass is 32.2. The number of ether oxygens (including phenoxy) is 1. The molecule has 29 heavy (non-hydrogen) atoms. The molecule has 2 N–H and O–H groups in total. The van der Waals surface area contributed by atoms with Crippen LogP contribution in [0, 0.1) is 12.8 Å². The van der Waals surface area contributed by atoms with E-state index in [1.807, 2.05) is 19.1 Å². The van der Waals surface area contributed by atoms with Crippen molar-refractivity contribution in [2.24, 2.45) is 5.92 Å². The molecular formula is C22H28N2O4S. The largest absolute Gasteiger partial charge is 0.487 e. The summed E-state index contributed by atoms with van der Waals surface area (Å²) in [6.45, 7) is 3.87. The number of nitrogens with one attached hydrogen (secondary N) is 2. The van der Waals surface area contributed by atoms with Crippen molar-refractivity contribution in [3.05, 3.63) is 54.1 Å². The Labute approximate surface area is 172 Å². The minimum Gasteiger partial charge on any atom is -0.487 e. The summed E-state index contributed by atoms with van der Waals surface area (Å²) in [6, 6.07) is 13.8. The maximum atomic E-state index is 12.3. The Morgan fingerprint density at radius 3 is 2.24 bits per heavy atom. The molecule has 2 aromatic rings. The van der Waals surface area contributed by atoms with Gasteiger partial charge in [0.15, 0.2) is 0 Å². The smallest absolute Gasteiger partial charge is 0.317 e. The van der Waals surface area contributed by atoms with Gasteiger partial charge in [-0.2, -0.15) is 8.42 Å². The first-order valence-corrected chi connectivity index (χ1v) is 11.6. The summed E-state index contributed by atoms with van der Waals surface area (Å²) in [5, 5.41) is 3.42. The van der Waals surface area contributed by atoms with Gasteiger partial charge in [-0.1, -0.05) is 24.1 Å². The molecule has 7 heteroatoms. The van der Waals surface area contributed by atoms with E-state index in [4.69, 9.17) is 9.02 Å². The van der Waals surface area contributed by atoms with Gasteiger partial charge in [-0.3, -0.25) is 0 Å². The van der Waals surface area contributed by atoms with Gasteiger partial charge in [-0.25, -0.2) is 5.48 Å². The number of benzene rings is 2. The summed E-state index contributed by atoms with van der Waals surface area (Å²) in [5.41, 5.74) is 3.99. The van der Waals surface area contributed by atoms with E-state index in [9.17, 15) is 8.42 Å². The highest BCUT2D eigenvalue weighted by Crippen LogP contribution is 2.44. The zero-order valence-corrected chi connectivity index (χ0v) is 17.5. The van der Waals surface area contributed by atoms with Crippen molar-refractivity contribution in [1.29, 1.82) is 0 Å². The lowest BCUT2D eigenvalue weighted by Crippen LogP contribution is -2.53. The van der Waals surface area contributed by atoms with E-state index in [1.54, 1.807) is 24.3 Å². The molecule has 0 spiro atoms. The van der Waals surface area contributed by atoms with Crippen LogP contribution >= 0.6 is 0 Å². The number of anilines is 1. The lowest BCUT2D eigenvalue weighted by atomic mass is 9.68. The molecule has 2 fully saturated rings. The molecule has 0 unspecified atom stereocenters. The van der Waals surface area contributed by atoms with Gasteiger partial charge in [0.05, 0.1) is 10.6 Å². The van der Waals surface area contributed by atoms with Crippen LogP contribution < -0.4 is 15.5 Å². The molecule has 1 saturated carbocycles. The number of piperidine rings is 1. The van der Waals surface area contributed by atoms with E-state index in [-0.39, 0.29) is 10.5 Å². The highest BCUT2D eigenvalue weighted by molar-refractivity contribution is 7.86. The average Bonchev–Trinajstić information content (AvgIpc) is 2.67. The van der Waals surface area contributed by atoms with E-state index < -0.39 is 10.1 Å². The van der Waals surface area contributed by atoms with Crippen LogP contribution in [0.3, 0.4) is 0 Å². The maximum Gasteiger partial charge on any atom is 0.317 e. The number of hydrogen-bond donors (Lipinski definition) is 2. The van der Waals surface area contributed by atoms with Crippen molar-refractivity contribution in [1.82, 2.24) is 5.32 Å². The van der Waals surface area contributed by atoms with Crippen LogP contribution in [0.4, 0.5) is 5.69 Å². The number of rotatable bonds is 7. The molecule has 2 aromatic carbocycles. The second kappa shape index (κ2) is 8.34. The highest BCUT2D eigenvalue weighted by Gasteiger charge is 2.44. The molecular weight excluding hydrogens is 388 g/mol. The zero-order valence-electron chi connectivity index (χ0n) is 16.7. The summed E-state index contributed by atoms with van der Waals surface area (Å²) in [4.78, 5) is 0.115. The van der Waals surface area contributed by atoms with E-state index in [1.165, 1.54) is 31.4 Å². The van der Waals surface area contributed by atoms with Crippen molar-refractivity contribution in [2.45, 2.75) is 49.5 Å². The molecule has 1 heterocycles. The fourth-order valence-corrected chi connectivity index (χ4v) is 4.83. The van der Waals surface area contributed by atoms with Gasteiger partial charge in [0.2, 0.25) is 0 Å². The minimum absolute atomic E-state index is 0.0796. The maximum absolute atomic E-state index is 12.3. The number of aryl methyl sites for hydroxylation is 1. The SMILES string of the molecule is Cc1ccc(S(=O)(=O)ONc2ccc(OC3(C4CCC4)CCNCC3)cc2)cc1. The molecule has 1 aliphatic carbocycles. The van der Waals surface area contributed by atoms with Gasteiger partial charge in [0.25, 0.3) is 0 Å². The Balaban J connectivity index is 1.39.